The molecule has 4 heteroatoms. The summed E-state index contributed by atoms with van der Waals surface area (Å²) in [6.45, 7) is 9.80. The Labute approximate surface area is 127 Å². The van der Waals surface area contributed by atoms with Crippen LogP contribution in [0.25, 0.3) is 11.2 Å². The van der Waals surface area contributed by atoms with Gasteiger partial charge >= 0.3 is 0 Å². The van der Waals surface area contributed by atoms with Crippen molar-refractivity contribution in [2.24, 2.45) is 5.92 Å². The van der Waals surface area contributed by atoms with Gasteiger partial charge in [0, 0.05) is 18.7 Å². The van der Waals surface area contributed by atoms with Crippen LogP contribution < -0.4 is 5.32 Å². The second-order valence-electron chi connectivity index (χ2n) is 6.27. The monoisotopic (exact) mass is 286 g/mol. The molecule has 0 amide bonds. The predicted molar refractivity (Wildman–Crippen MR) is 86.6 cm³/mol. The molecular formula is C17H26N4. The van der Waals surface area contributed by atoms with Gasteiger partial charge in [-0.05, 0) is 63.7 Å². The lowest BCUT2D eigenvalue weighted by molar-refractivity contribution is 0.337. The second-order valence-corrected chi connectivity index (χ2v) is 6.27. The molecule has 0 radical (unpaired) electrons. The fraction of sp³-hybridized carbons (Fsp3) is 0.647. The summed E-state index contributed by atoms with van der Waals surface area (Å²) >= 11 is 0. The topological polar surface area (TPSA) is 42.7 Å². The van der Waals surface area contributed by atoms with Crippen LogP contribution >= 0.6 is 0 Å². The van der Waals surface area contributed by atoms with Gasteiger partial charge in [0.2, 0.25) is 0 Å². The fourth-order valence-corrected chi connectivity index (χ4v) is 3.44. The number of nitrogens with one attached hydrogen (secondary N) is 1. The minimum atomic E-state index is 0.847. The molecule has 1 N–H and O–H groups in total. The number of hydrogen-bond acceptors (Lipinski definition) is 3. The van der Waals surface area contributed by atoms with Crippen molar-refractivity contribution in [2.75, 3.05) is 13.1 Å². The third kappa shape index (κ3) is 2.95. The maximum Gasteiger partial charge on any atom is 0.160 e. The van der Waals surface area contributed by atoms with E-state index < -0.39 is 0 Å². The Balaban J connectivity index is 1.88. The number of aromatic nitrogens is 3. The molecule has 0 bridgehead atoms. The Morgan fingerprint density at radius 2 is 2.00 bits per heavy atom. The molecule has 0 atom stereocenters. The zero-order valence-electron chi connectivity index (χ0n) is 13.4. The Morgan fingerprint density at radius 3 is 2.71 bits per heavy atom. The summed E-state index contributed by atoms with van der Waals surface area (Å²) < 4.78 is 2.36. The molecule has 1 fully saturated rings. The normalized spacial score (nSPS) is 16.7. The molecule has 21 heavy (non-hydrogen) atoms. The van der Waals surface area contributed by atoms with Crippen LogP contribution in [-0.4, -0.2) is 27.6 Å². The van der Waals surface area contributed by atoms with Crippen molar-refractivity contribution in [1.82, 2.24) is 19.9 Å². The average molecular weight is 286 g/mol. The van der Waals surface area contributed by atoms with Crippen molar-refractivity contribution in [3.63, 3.8) is 0 Å². The number of pyridine rings is 1. The molecule has 0 aromatic carbocycles. The Kier molecular flexibility index (Phi) is 4.24. The summed E-state index contributed by atoms with van der Waals surface area (Å²) in [6.07, 6.45) is 4.83. The second kappa shape index (κ2) is 6.14. The van der Waals surface area contributed by atoms with E-state index in [1.807, 2.05) is 0 Å². The lowest BCUT2D eigenvalue weighted by Crippen LogP contribution is -2.28. The van der Waals surface area contributed by atoms with E-state index in [1.54, 1.807) is 0 Å². The van der Waals surface area contributed by atoms with Crippen molar-refractivity contribution < 1.29 is 0 Å². The van der Waals surface area contributed by atoms with Gasteiger partial charge in [-0.1, -0.05) is 6.92 Å². The molecule has 1 saturated heterocycles. The van der Waals surface area contributed by atoms with E-state index in [-0.39, 0.29) is 0 Å². The van der Waals surface area contributed by atoms with Gasteiger partial charge in [0.25, 0.3) is 0 Å². The Morgan fingerprint density at radius 1 is 1.24 bits per heavy atom. The Hall–Kier alpha value is -1.42. The third-order valence-corrected chi connectivity index (χ3v) is 4.64. The van der Waals surface area contributed by atoms with Crippen LogP contribution in [0.5, 0.6) is 0 Å². The molecular weight excluding hydrogens is 260 g/mol. The molecule has 0 saturated carbocycles. The lowest BCUT2D eigenvalue weighted by Gasteiger charge is -2.23. The predicted octanol–water partition coefficient (Wildman–Crippen LogP) is 3.00. The first-order valence-corrected chi connectivity index (χ1v) is 8.23. The van der Waals surface area contributed by atoms with Crippen LogP contribution in [0.1, 0.15) is 43.3 Å². The highest BCUT2D eigenvalue weighted by Gasteiger charge is 2.17. The minimum Gasteiger partial charge on any atom is -0.317 e. The molecule has 3 heterocycles. The SMILES string of the molecule is CCc1nc2c(C)cc(C)nc2n1CCC1CCNCC1. The van der Waals surface area contributed by atoms with E-state index in [4.69, 9.17) is 9.97 Å². The lowest BCUT2D eigenvalue weighted by atomic mass is 9.95. The van der Waals surface area contributed by atoms with Crippen LogP contribution in [-0.2, 0) is 13.0 Å². The van der Waals surface area contributed by atoms with Crippen molar-refractivity contribution in [3.8, 4) is 0 Å². The summed E-state index contributed by atoms with van der Waals surface area (Å²) in [7, 11) is 0. The number of hydrogen-bond donors (Lipinski definition) is 1. The van der Waals surface area contributed by atoms with Crippen LogP contribution in [0.15, 0.2) is 6.07 Å². The number of rotatable bonds is 4. The van der Waals surface area contributed by atoms with E-state index in [9.17, 15) is 0 Å². The zero-order chi connectivity index (χ0) is 14.8. The number of imidazole rings is 1. The maximum atomic E-state index is 4.82. The van der Waals surface area contributed by atoms with Crippen molar-refractivity contribution in [3.05, 3.63) is 23.1 Å². The number of nitrogens with zero attached hydrogens (tertiary/aromatic N) is 3. The standard InChI is InChI=1S/C17H26N4/c1-4-15-20-16-12(2)11-13(3)19-17(16)21(15)10-7-14-5-8-18-9-6-14/h11,14,18H,4-10H2,1-3H3. The molecule has 4 nitrogen and oxygen atoms in total. The van der Waals surface area contributed by atoms with Gasteiger partial charge in [-0.25, -0.2) is 9.97 Å². The molecule has 0 aliphatic carbocycles. The molecule has 3 rings (SSSR count). The Bertz CT molecular complexity index is 623. The molecule has 114 valence electrons. The van der Waals surface area contributed by atoms with Gasteiger partial charge in [0.1, 0.15) is 11.3 Å². The van der Waals surface area contributed by atoms with E-state index in [0.717, 1.165) is 35.7 Å². The molecule has 2 aromatic heterocycles. The highest BCUT2D eigenvalue weighted by Crippen LogP contribution is 2.22. The molecule has 0 unspecified atom stereocenters. The van der Waals surface area contributed by atoms with Gasteiger partial charge in [0.15, 0.2) is 5.65 Å². The average Bonchev–Trinajstić information content (AvgIpc) is 2.84. The molecule has 0 spiro atoms. The molecule has 1 aliphatic heterocycles. The first-order chi connectivity index (χ1) is 10.2. The van der Waals surface area contributed by atoms with Gasteiger partial charge in [-0.2, -0.15) is 0 Å². The van der Waals surface area contributed by atoms with Gasteiger partial charge in [-0.3, -0.25) is 0 Å². The van der Waals surface area contributed by atoms with Crippen molar-refractivity contribution in [1.29, 1.82) is 0 Å². The highest BCUT2D eigenvalue weighted by atomic mass is 15.1. The van der Waals surface area contributed by atoms with Crippen LogP contribution in [0.4, 0.5) is 0 Å². The number of fused-ring (bicyclic) bond motifs is 1. The zero-order valence-corrected chi connectivity index (χ0v) is 13.4. The summed E-state index contributed by atoms with van der Waals surface area (Å²) in [5.41, 5.74) is 4.50. The van der Waals surface area contributed by atoms with E-state index in [1.165, 1.54) is 43.7 Å². The minimum absolute atomic E-state index is 0.847. The van der Waals surface area contributed by atoms with E-state index >= 15 is 0 Å². The van der Waals surface area contributed by atoms with Crippen molar-refractivity contribution >= 4 is 11.2 Å². The third-order valence-electron chi connectivity index (χ3n) is 4.64. The highest BCUT2D eigenvalue weighted by molar-refractivity contribution is 5.75. The van der Waals surface area contributed by atoms with E-state index in [0.29, 0.717) is 0 Å². The van der Waals surface area contributed by atoms with E-state index in [2.05, 4.69) is 36.7 Å². The van der Waals surface area contributed by atoms with Crippen LogP contribution in [0, 0.1) is 19.8 Å². The quantitative estimate of drug-likeness (QED) is 0.939. The summed E-state index contributed by atoms with van der Waals surface area (Å²) in [6, 6.07) is 2.13. The van der Waals surface area contributed by atoms with Gasteiger partial charge in [0.05, 0.1) is 0 Å². The van der Waals surface area contributed by atoms with Gasteiger partial charge in [-0.15, -0.1) is 0 Å². The smallest absolute Gasteiger partial charge is 0.160 e. The maximum absolute atomic E-state index is 4.82. The molecule has 1 aliphatic rings. The number of aryl methyl sites for hydroxylation is 4. The van der Waals surface area contributed by atoms with Crippen molar-refractivity contribution in [2.45, 2.75) is 53.0 Å². The number of piperidine rings is 1. The fourth-order valence-electron chi connectivity index (χ4n) is 3.44. The first-order valence-electron chi connectivity index (χ1n) is 8.23. The van der Waals surface area contributed by atoms with Crippen LogP contribution in [0.2, 0.25) is 0 Å². The molecule has 2 aromatic rings. The summed E-state index contributed by atoms with van der Waals surface area (Å²) in [4.78, 5) is 9.58. The largest absolute Gasteiger partial charge is 0.317 e. The van der Waals surface area contributed by atoms with Crippen LogP contribution in [0.3, 0.4) is 0 Å². The summed E-state index contributed by atoms with van der Waals surface area (Å²) in [5.74, 6) is 2.03. The first kappa shape index (κ1) is 14.5. The summed E-state index contributed by atoms with van der Waals surface area (Å²) in [5, 5.41) is 3.44. The van der Waals surface area contributed by atoms with Gasteiger partial charge < -0.3 is 9.88 Å².